The molecule has 3 N–H and O–H groups in total. The summed E-state index contributed by atoms with van der Waals surface area (Å²) < 4.78 is 0. The van der Waals surface area contributed by atoms with Gasteiger partial charge in [-0.2, -0.15) is 0 Å². The lowest BCUT2D eigenvalue weighted by molar-refractivity contribution is 0.178. The van der Waals surface area contributed by atoms with Crippen LogP contribution in [-0.4, -0.2) is 29.3 Å². The Morgan fingerprint density at radius 3 is 2.84 bits per heavy atom. The highest BCUT2D eigenvalue weighted by Gasteiger charge is 2.24. The van der Waals surface area contributed by atoms with E-state index < -0.39 is 0 Å². The summed E-state index contributed by atoms with van der Waals surface area (Å²) >= 11 is 0. The fourth-order valence-corrected chi connectivity index (χ4v) is 2.67. The fraction of sp³-hybridized carbons (Fsp3) is 0.667. The quantitative estimate of drug-likeness (QED) is 0.738. The third kappa shape index (κ3) is 4.10. The van der Waals surface area contributed by atoms with Crippen LogP contribution in [0.25, 0.3) is 0 Å². The van der Waals surface area contributed by atoms with E-state index in [0.717, 1.165) is 37.4 Å². The lowest BCUT2D eigenvalue weighted by Gasteiger charge is -2.31. The topological polar surface area (TPSA) is 57.2 Å². The molecule has 0 saturated heterocycles. The first-order valence-electron chi connectivity index (χ1n) is 7.41. The summed E-state index contributed by atoms with van der Waals surface area (Å²) in [4.78, 5) is 4.57. The molecule has 0 spiro atoms. The van der Waals surface area contributed by atoms with Gasteiger partial charge in [-0.3, -0.25) is 0 Å². The second-order valence-corrected chi connectivity index (χ2v) is 5.31. The second kappa shape index (κ2) is 7.34. The van der Waals surface area contributed by atoms with Gasteiger partial charge in [-0.25, -0.2) is 4.98 Å². The molecule has 0 radical (unpaired) electrons. The molecule has 1 aromatic rings. The minimum atomic E-state index is 0.269. The summed E-state index contributed by atoms with van der Waals surface area (Å²) in [7, 11) is 0. The zero-order valence-corrected chi connectivity index (χ0v) is 11.7. The van der Waals surface area contributed by atoms with Gasteiger partial charge in [0.15, 0.2) is 0 Å². The summed E-state index contributed by atoms with van der Waals surface area (Å²) in [6.45, 7) is 3.35. The van der Waals surface area contributed by atoms with E-state index >= 15 is 0 Å². The molecular weight excluding hydrogens is 238 g/mol. The summed E-state index contributed by atoms with van der Waals surface area (Å²) in [6, 6.07) is 6.36. The van der Waals surface area contributed by atoms with Crippen molar-refractivity contribution in [1.29, 1.82) is 0 Å². The monoisotopic (exact) mass is 263 g/mol. The van der Waals surface area contributed by atoms with Crippen molar-refractivity contribution in [3.8, 4) is 0 Å². The van der Waals surface area contributed by atoms with Gasteiger partial charge in [0, 0.05) is 25.1 Å². The molecule has 4 heteroatoms. The van der Waals surface area contributed by atoms with Crippen LogP contribution < -0.4 is 10.6 Å². The van der Waals surface area contributed by atoms with Crippen LogP contribution in [0, 0.1) is 5.92 Å². The zero-order chi connectivity index (χ0) is 13.5. The summed E-state index contributed by atoms with van der Waals surface area (Å²) in [5.74, 6) is 2.19. The first-order valence-corrected chi connectivity index (χ1v) is 7.41. The van der Waals surface area contributed by atoms with Crippen molar-refractivity contribution in [1.82, 2.24) is 4.98 Å². The third-order valence-corrected chi connectivity index (χ3v) is 3.78. The van der Waals surface area contributed by atoms with Crippen LogP contribution >= 0.6 is 0 Å². The lowest BCUT2D eigenvalue weighted by atomic mass is 9.85. The van der Waals surface area contributed by atoms with Crippen molar-refractivity contribution < 1.29 is 5.11 Å². The van der Waals surface area contributed by atoms with E-state index in [4.69, 9.17) is 0 Å². The van der Waals surface area contributed by atoms with Crippen LogP contribution in [0.2, 0.25) is 0 Å². The van der Waals surface area contributed by atoms with Gasteiger partial charge in [0.2, 0.25) is 0 Å². The van der Waals surface area contributed by atoms with Gasteiger partial charge in [-0.15, -0.1) is 0 Å². The fourth-order valence-electron chi connectivity index (χ4n) is 2.67. The number of rotatable bonds is 6. The van der Waals surface area contributed by atoms with Gasteiger partial charge in [-0.05, 0) is 31.4 Å². The van der Waals surface area contributed by atoms with E-state index in [9.17, 15) is 5.11 Å². The number of aromatic nitrogens is 1. The highest BCUT2D eigenvalue weighted by Crippen LogP contribution is 2.26. The van der Waals surface area contributed by atoms with E-state index in [1.54, 1.807) is 0 Å². The molecule has 0 bridgehead atoms. The molecule has 1 aromatic heterocycles. The van der Waals surface area contributed by atoms with E-state index in [1.165, 1.54) is 12.8 Å². The van der Waals surface area contributed by atoms with Crippen LogP contribution in [-0.2, 0) is 0 Å². The molecule has 2 atom stereocenters. The second-order valence-electron chi connectivity index (χ2n) is 5.31. The lowest BCUT2D eigenvalue weighted by Crippen LogP contribution is -2.34. The standard InChI is InChI=1S/C15H25N3O/c1-2-10-16-14-8-5-9-15(18-14)17-13-7-4-3-6-12(13)11-19/h5,8-9,12-13,19H,2-4,6-7,10-11H2,1H3,(H2,16,17,18). The van der Waals surface area contributed by atoms with Crippen LogP contribution in [0.5, 0.6) is 0 Å². The van der Waals surface area contributed by atoms with Crippen molar-refractivity contribution in [3.05, 3.63) is 18.2 Å². The maximum Gasteiger partial charge on any atom is 0.128 e. The van der Waals surface area contributed by atoms with Gasteiger partial charge in [-0.1, -0.05) is 25.8 Å². The van der Waals surface area contributed by atoms with Crippen LogP contribution in [0.4, 0.5) is 11.6 Å². The van der Waals surface area contributed by atoms with E-state index in [2.05, 4.69) is 22.5 Å². The number of pyridine rings is 1. The Hall–Kier alpha value is -1.29. The van der Waals surface area contributed by atoms with Crippen molar-refractivity contribution >= 4 is 11.6 Å². The third-order valence-electron chi connectivity index (χ3n) is 3.78. The van der Waals surface area contributed by atoms with Gasteiger partial charge >= 0.3 is 0 Å². The van der Waals surface area contributed by atoms with Crippen LogP contribution in [0.1, 0.15) is 39.0 Å². The minimum absolute atomic E-state index is 0.269. The summed E-state index contributed by atoms with van der Waals surface area (Å²) in [6.07, 6.45) is 5.80. The molecule has 106 valence electrons. The predicted octanol–water partition coefficient (Wildman–Crippen LogP) is 2.87. The smallest absolute Gasteiger partial charge is 0.128 e. The highest BCUT2D eigenvalue weighted by molar-refractivity contribution is 5.45. The Balaban J connectivity index is 1.97. The van der Waals surface area contributed by atoms with Crippen LogP contribution in [0.15, 0.2) is 18.2 Å². The molecule has 2 rings (SSSR count). The van der Waals surface area contributed by atoms with Crippen molar-refractivity contribution in [2.45, 2.75) is 45.1 Å². The number of anilines is 2. The maximum atomic E-state index is 9.44. The Bertz CT molecular complexity index is 383. The first kappa shape index (κ1) is 14.1. The van der Waals surface area contributed by atoms with E-state index in [0.29, 0.717) is 12.0 Å². The van der Waals surface area contributed by atoms with E-state index in [-0.39, 0.29) is 6.61 Å². The minimum Gasteiger partial charge on any atom is -0.396 e. The molecular formula is C15H25N3O. The molecule has 1 fully saturated rings. The molecule has 2 unspecified atom stereocenters. The van der Waals surface area contributed by atoms with Gasteiger partial charge < -0.3 is 15.7 Å². The van der Waals surface area contributed by atoms with E-state index in [1.807, 2.05) is 18.2 Å². The number of aliphatic hydroxyl groups excluding tert-OH is 1. The Kier molecular flexibility index (Phi) is 5.45. The Morgan fingerprint density at radius 1 is 1.26 bits per heavy atom. The number of nitrogens with zero attached hydrogens (tertiary/aromatic N) is 1. The maximum absolute atomic E-state index is 9.44. The van der Waals surface area contributed by atoms with Crippen LogP contribution in [0.3, 0.4) is 0 Å². The average molecular weight is 263 g/mol. The molecule has 4 nitrogen and oxygen atoms in total. The number of nitrogens with one attached hydrogen (secondary N) is 2. The zero-order valence-electron chi connectivity index (χ0n) is 11.7. The van der Waals surface area contributed by atoms with Gasteiger partial charge in [0.25, 0.3) is 0 Å². The van der Waals surface area contributed by atoms with Crippen molar-refractivity contribution in [2.75, 3.05) is 23.8 Å². The largest absolute Gasteiger partial charge is 0.396 e. The molecule has 1 aliphatic rings. The molecule has 0 aromatic carbocycles. The Morgan fingerprint density at radius 2 is 2.05 bits per heavy atom. The average Bonchev–Trinajstić information content (AvgIpc) is 2.46. The number of hydrogen-bond donors (Lipinski definition) is 3. The normalized spacial score (nSPS) is 23.1. The molecule has 1 heterocycles. The Labute approximate surface area is 115 Å². The molecule has 0 aliphatic heterocycles. The highest BCUT2D eigenvalue weighted by atomic mass is 16.3. The molecule has 1 saturated carbocycles. The van der Waals surface area contributed by atoms with Gasteiger partial charge in [0.05, 0.1) is 0 Å². The number of hydrogen-bond acceptors (Lipinski definition) is 4. The summed E-state index contributed by atoms with van der Waals surface area (Å²) in [5.41, 5.74) is 0. The SMILES string of the molecule is CCCNc1cccc(NC2CCCCC2CO)n1. The van der Waals surface area contributed by atoms with Gasteiger partial charge in [0.1, 0.15) is 11.6 Å². The van der Waals surface area contributed by atoms with Crippen molar-refractivity contribution in [3.63, 3.8) is 0 Å². The first-order chi connectivity index (χ1) is 9.33. The summed E-state index contributed by atoms with van der Waals surface area (Å²) in [5, 5.41) is 16.2. The molecule has 0 amide bonds. The number of aliphatic hydroxyl groups is 1. The van der Waals surface area contributed by atoms with Crippen molar-refractivity contribution in [2.24, 2.45) is 5.92 Å². The predicted molar refractivity (Wildman–Crippen MR) is 79.5 cm³/mol. The molecule has 19 heavy (non-hydrogen) atoms. The molecule has 1 aliphatic carbocycles.